The second-order valence-electron chi connectivity index (χ2n) is 23.7. The summed E-state index contributed by atoms with van der Waals surface area (Å²) >= 11 is 0. The van der Waals surface area contributed by atoms with Crippen LogP contribution in [0.1, 0.15) is 102 Å². The number of piperazine rings is 2. The Labute approximate surface area is 547 Å². The van der Waals surface area contributed by atoms with Gasteiger partial charge in [-0.15, -0.1) is 10.2 Å². The molecule has 2 unspecified atom stereocenters. The average molecular weight is 1370 g/mol. The number of Topliss-reactive ketones (excluding diaryl/α,β-unsaturated/α-hetero) is 2. The van der Waals surface area contributed by atoms with Crippen LogP contribution in [-0.4, -0.2) is 196 Å². The van der Waals surface area contributed by atoms with E-state index in [0.717, 1.165) is 40.7 Å². The molecule has 2 aliphatic rings. The predicted octanol–water partition coefficient (Wildman–Crippen LogP) is 4.52. The number of nitrogens with zero attached hydrogens (tertiary/aromatic N) is 14. The number of ketones is 2. The van der Waals surface area contributed by atoms with Crippen LogP contribution in [0.5, 0.6) is 0 Å². The topological polar surface area (TPSA) is 416 Å². The molecule has 10 rings (SSSR count). The van der Waals surface area contributed by atoms with Crippen LogP contribution >= 0.6 is 15.6 Å². The van der Waals surface area contributed by atoms with E-state index in [9.17, 15) is 47.6 Å². The van der Waals surface area contributed by atoms with Crippen LogP contribution in [0, 0.1) is 11.6 Å². The molecule has 8 heterocycles. The van der Waals surface area contributed by atoms with Crippen LogP contribution in [0.4, 0.5) is 8.78 Å². The highest BCUT2D eigenvalue weighted by atomic mass is 31.2. The Morgan fingerprint density at radius 3 is 1.34 bits per heavy atom. The van der Waals surface area contributed by atoms with Gasteiger partial charge in [0, 0.05) is 75.9 Å². The summed E-state index contributed by atoms with van der Waals surface area (Å²) in [6.45, 7) is 10.5. The van der Waals surface area contributed by atoms with E-state index in [1.807, 2.05) is 6.07 Å². The summed E-state index contributed by atoms with van der Waals surface area (Å²) < 4.78 is 82.0. The number of carbonyl (C=O) groups excluding carboxylic acids is 6. The number of halogens is 2. The first-order valence-electron chi connectivity index (χ1n) is 29.8. The van der Waals surface area contributed by atoms with Crippen molar-refractivity contribution in [2.45, 2.75) is 91.5 Å². The molecule has 2 aromatic carbocycles. The summed E-state index contributed by atoms with van der Waals surface area (Å²) in [5.41, 5.74) is 8.86. The maximum absolute atomic E-state index is 15.6. The third-order valence-electron chi connectivity index (χ3n) is 14.3. The molecule has 8 aromatic rings. The van der Waals surface area contributed by atoms with Crippen molar-refractivity contribution < 1.29 is 84.5 Å². The molecule has 2 aliphatic heterocycles. The number of hydrogen-bond acceptors (Lipinski definition) is 22. The molecule has 0 aliphatic carbocycles. The minimum absolute atomic E-state index is 0.0306. The average Bonchev–Trinajstić information content (AvgIpc) is 1.60. The molecule has 32 nitrogen and oxygen atoms in total. The largest absolute Gasteiger partial charge is 0.756 e. The highest BCUT2D eigenvalue weighted by molar-refractivity contribution is 7.48. The van der Waals surface area contributed by atoms with Gasteiger partial charge in [-0.3, -0.25) is 56.2 Å². The van der Waals surface area contributed by atoms with E-state index in [0.29, 0.717) is 24.1 Å². The smallest absolute Gasteiger partial charge is 0.477 e. The second kappa shape index (κ2) is 31.1. The Morgan fingerprint density at radius 2 is 1.00 bits per heavy atom. The number of nitrogens with two attached hydrogens (primary N) is 2. The van der Waals surface area contributed by atoms with Crippen molar-refractivity contribution in [3.63, 3.8) is 0 Å². The van der Waals surface area contributed by atoms with Crippen molar-refractivity contribution in [2.75, 3.05) is 58.9 Å². The van der Waals surface area contributed by atoms with E-state index < -0.39 is 87.3 Å². The van der Waals surface area contributed by atoms with E-state index in [-0.39, 0.29) is 109 Å². The van der Waals surface area contributed by atoms with Crippen LogP contribution in [0.3, 0.4) is 0 Å². The SMILES string of the molecule is CC(C)(C)OP(=O)(OCn1cc(C(=O)C(=O)N2CCN(C(=O)c3ccccc3)CC2)c2c(F)cnc(-n3ccnn3)c21)OC(C)(C)C.NCCCCC(N)C(=O)O.O=C(C(=O)N1CCN(C(=O)c2ccccc2)CC1)c1cn(COP(=O)([O-])O)c2c(-n3ccnn3)ncc(F)c12. The maximum atomic E-state index is 15.6. The lowest BCUT2D eigenvalue weighted by atomic mass is 10.1. The van der Waals surface area contributed by atoms with E-state index in [1.165, 1.54) is 50.0 Å². The summed E-state index contributed by atoms with van der Waals surface area (Å²) in [4.78, 5) is 124. The number of phosphoric ester groups is 2. The zero-order valence-electron chi connectivity index (χ0n) is 53.0. The van der Waals surface area contributed by atoms with Gasteiger partial charge in [0.1, 0.15) is 19.5 Å². The van der Waals surface area contributed by atoms with Gasteiger partial charge in [0.25, 0.3) is 43.0 Å². The molecule has 2 atom stereocenters. The standard InChI is InChI=1S/C31H37FN7O7P.C23H21FN7O7P.C6H14N2O2/c1-30(2,3)45-47(43,46-31(4,5)6)44-20-38-19-22(24-23(32)18-33-27(25(24)38)39-13-12-34-35-39)26(40)29(42)37-16-14-36(15-17-37)28(41)21-10-8-7-9-11-21;24-17-12-25-21(31-7-6-26-27-31)19-18(17)16(13-30(19)14-38-39(35,36)37)20(32)23(34)29-10-8-28(9-11-29)22(33)15-4-2-1-3-5-15;7-4-2-1-3-5(8)6(9)10/h7-13,18-19H,14-17,20H2,1-6H3;1-7,12-13H,8-11,14H2,(H2,35,36,37);5H,1-4,7-8H2,(H,9,10)/p-1. The summed E-state index contributed by atoms with van der Waals surface area (Å²) in [5.74, 6) is -6.96. The number of fused-ring (bicyclic) bond motifs is 2. The number of rotatable bonds is 21. The molecule has 96 heavy (non-hydrogen) atoms. The van der Waals surface area contributed by atoms with Gasteiger partial charge in [0.2, 0.25) is 0 Å². The minimum atomic E-state index is -5.20. The van der Waals surface area contributed by atoms with Crippen molar-refractivity contribution in [1.29, 1.82) is 0 Å². The first-order chi connectivity index (χ1) is 45.4. The summed E-state index contributed by atoms with van der Waals surface area (Å²) in [6, 6.07) is 16.7. The van der Waals surface area contributed by atoms with E-state index in [2.05, 4.69) is 35.1 Å². The number of benzene rings is 2. The van der Waals surface area contributed by atoms with Crippen LogP contribution in [0.15, 0.2) is 110 Å². The van der Waals surface area contributed by atoms with Crippen LogP contribution in [-0.2, 0) is 55.1 Å². The van der Waals surface area contributed by atoms with E-state index >= 15 is 8.78 Å². The number of unbranched alkanes of at least 4 members (excludes halogenated alkanes) is 1. The molecule has 4 amide bonds. The number of amides is 4. The summed E-state index contributed by atoms with van der Waals surface area (Å²) in [7, 11) is -9.45. The molecule has 2 saturated heterocycles. The molecule has 0 saturated carbocycles. The zero-order chi connectivity index (χ0) is 69.9. The van der Waals surface area contributed by atoms with Gasteiger partial charge in [-0.25, -0.2) is 32.7 Å². The van der Waals surface area contributed by atoms with Crippen molar-refractivity contribution >= 4 is 78.6 Å². The van der Waals surface area contributed by atoms with Crippen LogP contribution in [0.2, 0.25) is 0 Å². The number of phosphoric acid groups is 2. The molecular formula is C60H71F2N16O16P2-. The first-order valence-corrected chi connectivity index (χ1v) is 32.8. The second-order valence-corrected chi connectivity index (χ2v) is 26.4. The van der Waals surface area contributed by atoms with Gasteiger partial charge in [-0.1, -0.05) is 53.2 Å². The van der Waals surface area contributed by atoms with Gasteiger partial charge in [-0.2, -0.15) is 0 Å². The van der Waals surface area contributed by atoms with Gasteiger partial charge >= 0.3 is 13.8 Å². The number of carboxylic acids is 1. The molecule has 6 aromatic heterocycles. The van der Waals surface area contributed by atoms with Crippen molar-refractivity contribution in [3.05, 3.63) is 144 Å². The van der Waals surface area contributed by atoms with Gasteiger partial charge in [-0.05, 0) is 85.2 Å². The van der Waals surface area contributed by atoms with E-state index in [4.69, 9.17) is 35.0 Å². The Kier molecular flexibility index (Phi) is 23.5. The predicted molar refractivity (Wildman–Crippen MR) is 336 cm³/mol. The highest BCUT2D eigenvalue weighted by Crippen LogP contribution is 2.56. The molecule has 2 fully saturated rings. The third-order valence-corrected chi connectivity index (χ3v) is 16.8. The van der Waals surface area contributed by atoms with Crippen LogP contribution < -0.4 is 16.4 Å². The maximum Gasteiger partial charge on any atom is 0.477 e. The number of aromatic nitrogens is 10. The number of aliphatic carboxylic acids is 1. The highest BCUT2D eigenvalue weighted by Gasteiger charge is 2.39. The Hall–Kier alpha value is -9.21. The Balaban J connectivity index is 0.000000217. The van der Waals surface area contributed by atoms with Crippen molar-refractivity contribution in [3.8, 4) is 11.6 Å². The fourth-order valence-corrected chi connectivity index (χ4v) is 12.0. The summed E-state index contributed by atoms with van der Waals surface area (Å²) in [6.07, 6.45) is 11.7. The quantitative estimate of drug-likeness (QED) is 0.0332. The third kappa shape index (κ3) is 18.4. The lowest BCUT2D eigenvalue weighted by Gasteiger charge is -2.34. The molecular weight excluding hydrogens is 1300 g/mol. The molecule has 0 radical (unpaired) electrons. The van der Waals surface area contributed by atoms with Gasteiger partial charge < -0.3 is 55.1 Å². The van der Waals surface area contributed by atoms with Crippen molar-refractivity contribution in [2.24, 2.45) is 11.5 Å². The molecule has 6 N–H and O–H groups in total. The monoisotopic (exact) mass is 1370 g/mol. The number of pyridine rings is 2. The molecule has 0 spiro atoms. The molecule has 512 valence electrons. The summed E-state index contributed by atoms with van der Waals surface area (Å²) in [5, 5.41) is 23.0. The first kappa shape index (κ1) is 72.6. The Bertz CT molecular complexity index is 4160. The lowest BCUT2D eigenvalue weighted by molar-refractivity contribution is -0.222. The fourth-order valence-electron chi connectivity index (χ4n) is 10.0. The molecule has 0 bridgehead atoms. The zero-order valence-corrected chi connectivity index (χ0v) is 54.8. The van der Waals surface area contributed by atoms with Gasteiger partial charge in [0.15, 0.2) is 23.3 Å². The number of hydrogen-bond donors (Lipinski definition) is 4. The lowest BCUT2D eigenvalue weighted by Crippen LogP contribution is -2.52. The van der Waals surface area contributed by atoms with Crippen LogP contribution in [0.25, 0.3) is 33.4 Å². The van der Waals surface area contributed by atoms with Crippen molar-refractivity contribution in [1.82, 2.24) is 68.7 Å². The number of carboxylic acid groups (broad SMARTS) is 1. The van der Waals surface area contributed by atoms with E-state index in [1.54, 1.807) is 106 Å². The fraction of sp³-hybridized carbons (Fsp3) is 0.383. The minimum Gasteiger partial charge on any atom is -0.756 e. The number of carbonyl (C=O) groups is 7. The van der Waals surface area contributed by atoms with Gasteiger partial charge in [0.05, 0.1) is 81.3 Å². The molecule has 36 heteroatoms. The normalized spacial score (nSPS) is 14.7. The Morgan fingerprint density at radius 1 is 0.615 bits per heavy atom.